The summed E-state index contributed by atoms with van der Waals surface area (Å²) in [5.41, 5.74) is 4.59. The zero-order chi connectivity index (χ0) is 17.6. The van der Waals surface area contributed by atoms with Crippen LogP contribution in [-0.2, 0) is 26.7 Å². The molecule has 0 saturated carbocycles. The second kappa shape index (κ2) is 7.94. The lowest BCUT2D eigenvalue weighted by Crippen LogP contribution is -2.24. The number of aromatic nitrogens is 3. The molecule has 5 nitrogen and oxygen atoms in total. The van der Waals surface area contributed by atoms with Crippen LogP contribution in [0.5, 0.6) is 5.75 Å². The molecule has 3 rings (SSSR count). The lowest BCUT2D eigenvalue weighted by molar-refractivity contribution is 0.237. The molecular weight excluding hydrogens is 312 g/mol. The highest BCUT2D eigenvalue weighted by Gasteiger charge is 2.13. The van der Waals surface area contributed by atoms with Crippen molar-refractivity contribution in [3.63, 3.8) is 0 Å². The highest BCUT2D eigenvalue weighted by molar-refractivity contribution is 5.33. The smallest absolute Gasteiger partial charge is 0.123 e. The fourth-order valence-corrected chi connectivity index (χ4v) is 3.03. The van der Waals surface area contributed by atoms with Crippen LogP contribution in [0.25, 0.3) is 0 Å². The predicted octanol–water partition coefficient (Wildman–Crippen LogP) is 3.33. The Morgan fingerprint density at radius 1 is 1.08 bits per heavy atom. The van der Waals surface area contributed by atoms with Gasteiger partial charge in [0.25, 0.3) is 0 Å². The minimum atomic E-state index is 0.795. The van der Waals surface area contributed by atoms with Crippen molar-refractivity contribution in [2.75, 3.05) is 7.11 Å². The highest BCUT2D eigenvalue weighted by Crippen LogP contribution is 2.21. The number of aryl methyl sites for hydroxylation is 2. The molecule has 5 heteroatoms. The molecule has 0 aliphatic rings. The summed E-state index contributed by atoms with van der Waals surface area (Å²) in [6.45, 7) is 4.44. The van der Waals surface area contributed by atoms with Crippen LogP contribution in [-0.4, -0.2) is 26.8 Å². The van der Waals surface area contributed by atoms with Crippen molar-refractivity contribution in [1.82, 2.24) is 19.7 Å². The molecule has 0 saturated heterocycles. The molecule has 0 aliphatic carbocycles. The van der Waals surface area contributed by atoms with Gasteiger partial charge in [-0.25, -0.2) is 0 Å². The summed E-state index contributed by atoms with van der Waals surface area (Å²) < 4.78 is 7.47. The quantitative estimate of drug-likeness (QED) is 0.664. The number of benzene rings is 1. The summed E-state index contributed by atoms with van der Waals surface area (Å²) in [6.07, 6.45) is 3.72. The van der Waals surface area contributed by atoms with E-state index in [4.69, 9.17) is 4.74 Å². The lowest BCUT2D eigenvalue weighted by Gasteiger charge is -2.23. The minimum Gasteiger partial charge on any atom is -0.496 e. The Kier molecular flexibility index (Phi) is 5.46. The van der Waals surface area contributed by atoms with Crippen LogP contribution in [0.15, 0.2) is 54.9 Å². The predicted molar refractivity (Wildman–Crippen MR) is 98.1 cm³/mol. The number of hydrogen-bond acceptors (Lipinski definition) is 4. The zero-order valence-corrected chi connectivity index (χ0v) is 15.0. The van der Waals surface area contributed by atoms with Crippen molar-refractivity contribution in [2.45, 2.75) is 26.6 Å². The van der Waals surface area contributed by atoms with E-state index in [1.54, 1.807) is 13.3 Å². The van der Waals surface area contributed by atoms with Gasteiger partial charge in [0.05, 0.1) is 18.5 Å². The Morgan fingerprint density at radius 2 is 1.92 bits per heavy atom. The first-order chi connectivity index (χ1) is 12.2. The van der Waals surface area contributed by atoms with Gasteiger partial charge in [0.15, 0.2) is 0 Å². The van der Waals surface area contributed by atoms with E-state index in [-0.39, 0.29) is 0 Å². The number of nitrogens with zero attached hydrogens (tertiary/aromatic N) is 4. The van der Waals surface area contributed by atoms with Crippen molar-refractivity contribution in [3.8, 4) is 5.75 Å². The van der Waals surface area contributed by atoms with Crippen LogP contribution >= 0.6 is 0 Å². The number of para-hydroxylation sites is 1. The molecule has 0 atom stereocenters. The van der Waals surface area contributed by atoms with Gasteiger partial charge in [0, 0.05) is 44.6 Å². The van der Waals surface area contributed by atoms with Gasteiger partial charge < -0.3 is 4.74 Å². The maximum Gasteiger partial charge on any atom is 0.123 e. The van der Waals surface area contributed by atoms with Crippen molar-refractivity contribution >= 4 is 0 Å². The highest BCUT2D eigenvalue weighted by atomic mass is 16.5. The van der Waals surface area contributed by atoms with Crippen molar-refractivity contribution in [2.24, 2.45) is 7.05 Å². The number of pyridine rings is 1. The first-order valence-corrected chi connectivity index (χ1v) is 8.38. The fraction of sp³-hybridized carbons (Fsp3) is 0.300. The Hall–Kier alpha value is -2.66. The second-order valence-electron chi connectivity index (χ2n) is 6.22. The van der Waals surface area contributed by atoms with E-state index in [9.17, 15) is 0 Å². The minimum absolute atomic E-state index is 0.795. The van der Waals surface area contributed by atoms with Gasteiger partial charge in [-0.1, -0.05) is 24.3 Å². The summed E-state index contributed by atoms with van der Waals surface area (Å²) in [5, 5.41) is 4.46. The molecule has 130 valence electrons. The third-order valence-electron chi connectivity index (χ3n) is 4.20. The third kappa shape index (κ3) is 4.45. The first-order valence-electron chi connectivity index (χ1n) is 8.38. The van der Waals surface area contributed by atoms with E-state index in [1.807, 2.05) is 49.1 Å². The number of ether oxygens (including phenoxy) is 1. The molecule has 0 radical (unpaired) electrons. The van der Waals surface area contributed by atoms with Crippen LogP contribution in [0, 0.1) is 6.92 Å². The van der Waals surface area contributed by atoms with E-state index >= 15 is 0 Å². The molecule has 0 bridgehead atoms. The number of hydrogen-bond donors (Lipinski definition) is 0. The summed E-state index contributed by atoms with van der Waals surface area (Å²) in [7, 11) is 3.71. The summed E-state index contributed by atoms with van der Waals surface area (Å²) in [5.74, 6) is 0.917. The summed E-state index contributed by atoms with van der Waals surface area (Å²) in [4.78, 5) is 6.62. The average molecular weight is 336 g/mol. The van der Waals surface area contributed by atoms with E-state index in [0.717, 1.165) is 31.1 Å². The van der Waals surface area contributed by atoms with E-state index in [1.165, 1.54) is 16.8 Å². The maximum absolute atomic E-state index is 5.52. The van der Waals surface area contributed by atoms with Gasteiger partial charge in [-0.2, -0.15) is 5.10 Å². The Balaban J connectivity index is 1.84. The second-order valence-corrected chi connectivity index (χ2v) is 6.22. The molecule has 0 aliphatic heterocycles. The first kappa shape index (κ1) is 17.2. The van der Waals surface area contributed by atoms with Crippen LogP contribution in [0.3, 0.4) is 0 Å². The van der Waals surface area contributed by atoms with Gasteiger partial charge in [0.1, 0.15) is 5.75 Å². The van der Waals surface area contributed by atoms with Gasteiger partial charge in [-0.15, -0.1) is 0 Å². The normalized spacial score (nSPS) is 11.0. The molecule has 0 N–H and O–H groups in total. The Morgan fingerprint density at radius 3 is 2.60 bits per heavy atom. The molecular formula is C20H24N4O. The Bertz CT molecular complexity index is 814. The van der Waals surface area contributed by atoms with Crippen molar-refractivity contribution < 1.29 is 4.74 Å². The van der Waals surface area contributed by atoms with Crippen molar-refractivity contribution in [3.05, 3.63) is 77.4 Å². The van der Waals surface area contributed by atoms with Crippen LogP contribution in [0.4, 0.5) is 0 Å². The molecule has 25 heavy (non-hydrogen) atoms. The van der Waals surface area contributed by atoms with Gasteiger partial charge in [-0.05, 0) is 30.7 Å². The fourth-order valence-electron chi connectivity index (χ4n) is 3.03. The van der Waals surface area contributed by atoms with Gasteiger partial charge in [-0.3, -0.25) is 14.6 Å². The van der Waals surface area contributed by atoms with Crippen molar-refractivity contribution in [1.29, 1.82) is 0 Å². The topological polar surface area (TPSA) is 43.2 Å². The van der Waals surface area contributed by atoms with E-state index < -0.39 is 0 Å². The largest absolute Gasteiger partial charge is 0.496 e. The molecule has 0 spiro atoms. The molecule has 0 unspecified atom stereocenters. The van der Waals surface area contributed by atoms with E-state index in [2.05, 4.69) is 33.2 Å². The van der Waals surface area contributed by atoms with E-state index in [0.29, 0.717) is 0 Å². The number of rotatable bonds is 7. The third-order valence-corrected chi connectivity index (χ3v) is 4.20. The average Bonchev–Trinajstić information content (AvgIpc) is 2.93. The summed E-state index contributed by atoms with van der Waals surface area (Å²) >= 11 is 0. The molecule has 0 fully saturated rings. The molecule has 1 aromatic carbocycles. The summed E-state index contributed by atoms with van der Waals surface area (Å²) in [6, 6.07) is 14.4. The standard InChI is InChI=1S/C20H24N4O/c1-16-11-19(23(2)22-16)15-24(13-17-7-6-10-21-12-17)14-18-8-4-5-9-20(18)25-3/h4-12H,13-15H2,1-3H3. The number of methoxy groups -OCH3 is 1. The molecule has 2 heterocycles. The molecule has 3 aromatic rings. The zero-order valence-electron chi connectivity index (χ0n) is 15.0. The van der Waals surface area contributed by atoms with Crippen LogP contribution in [0.2, 0.25) is 0 Å². The van der Waals surface area contributed by atoms with Crippen LogP contribution in [0.1, 0.15) is 22.5 Å². The Labute approximate surface area is 148 Å². The lowest BCUT2D eigenvalue weighted by atomic mass is 10.1. The van der Waals surface area contributed by atoms with Gasteiger partial charge in [0.2, 0.25) is 0 Å². The monoisotopic (exact) mass is 336 g/mol. The maximum atomic E-state index is 5.52. The van der Waals surface area contributed by atoms with Gasteiger partial charge >= 0.3 is 0 Å². The SMILES string of the molecule is COc1ccccc1CN(Cc1cccnc1)Cc1cc(C)nn1C. The van der Waals surface area contributed by atoms with Crippen LogP contribution < -0.4 is 4.74 Å². The molecule has 2 aromatic heterocycles. The molecule has 0 amide bonds.